The van der Waals surface area contributed by atoms with E-state index in [2.05, 4.69) is 33.9 Å². The highest BCUT2D eigenvalue weighted by Gasteiger charge is 2.54. The molecule has 0 unspecified atom stereocenters. The molecule has 3 nitrogen and oxygen atoms in total. The molecule has 2 saturated heterocycles. The summed E-state index contributed by atoms with van der Waals surface area (Å²) in [7, 11) is -1.72. The van der Waals surface area contributed by atoms with Crippen LogP contribution in [0.15, 0.2) is 0 Å². The molecule has 0 aliphatic carbocycles. The van der Waals surface area contributed by atoms with Crippen LogP contribution in [-0.4, -0.2) is 38.3 Å². The van der Waals surface area contributed by atoms with Gasteiger partial charge in [0.05, 0.1) is 18.3 Å². The SMILES string of the molecule is CC(C)(C)[Si](C)(C)OC[C@@]12CC[C@@H](C[C@@H]1CO)O2. The fourth-order valence-electron chi connectivity index (χ4n) is 2.84. The van der Waals surface area contributed by atoms with E-state index < -0.39 is 8.32 Å². The maximum Gasteiger partial charge on any atom is 0.192 e. The molecule has 2 bridgehead atoms. The van der Waals surface area contributed by atoms with E-state index in [1.807, 2.05) is 0 Å². The highest BCUT2D eigenvalue weighted by molar-refractivity contribution is 6.74. The summed E-state index contributed by atoms with van der Waals surface area (Å²) >= 11 is 0. The second-order valence-corrected chi connectivity index (χ2v) is 12.3. The molecule has 1 N–H and O–H groups in total. The summed E-state index contributed by atoms with van der Waals surface area (Å²) in [6.45, 7) is 12.2. The molecular formula is C14H28O3Si. The third-order valence-electron chi connectivity index (χ3n) is 5.29. The molecule has 2 aliphatic heterocycles. The summed E-state index contributed by atoms with van der Waals surface area (Å²) in [6.07, 6.45) is 3.57. The monoisotopic (exact) mass is 272 g/mol. The summed E-state index contributed by atoms with van der Waals surface area (Å²) in [5.74, 6) is 0.279. The lowest BCUT2D eigenvalue weighted by molar-refractivity contribution is -0.0544. The normalized spacial score (nSPS) is 36.3. The maximum atomic E-state index is 9.52. The van der Waals surface area contributed by atoms with E-state index in [4.69, 9.17) is 9.16 Å². The summed E-state index contributed by atoms with van der Waals surface area (Å²) in [5.41, 5.74) is -0.186. The van der Waals surface area contributed by atoms with Crippen molar-refractivity contribution in [2.75, 3.05) is 13.2 Å². The van der Waals surface area contributed by atoms with Gasteiger partial charge in [-0.3, -0.25) is 0 Å². The quantitative estimate of drug-likeness (QED) is 0.800. The zero-order chi connectivity index (χ0) is 13.6. The van der Waals surface area contributed by atoms with Crippen molar-refractivity contribution in [1.82, 2.24) is 0 Å². The number of ether oxygens (including phenoxy) is 1. The van der Waals surface area contributed by atoms with Gasteiger partial charge in [0.15, 0.2) is 8.32 Å². The molecule has 2 aliphatic rings. The molecule has 0 radical (unpaired) electrons. The van der Waals surface area contributed by atoms with E-state index in [1.165, 1.54) is 0 Å². The maximum absolute atomic E-state index is 9.52. The number of aliphatic hydroxyl groups excluding tert-OH is 1. The van der Waals surface area contributed by atoms with Gasteiger partial charge in [0.2, 0.25) is 0 Å². The van der Waals surface area contributed by atoms with Crippen LogP contribution in [0.2, 0.25) is 18.1 Å². The number of rotatable bonds is 4. The molecule has 2 heterocycles. The molecule has 0 aromatic heterocycles. The predicted octanol–water partition coefficient (Wildman–Crippen LogP) is 2.94. The Morgan fingerprint density at radius 2 is 2.06 bits per heavy atom. The molecule has 0 aromatic carbocycles. The van der Waals surface area contributed by atoms with Gasteiger partial charge in [-0.2, -0.15) is 0 Å². The largest absolute Gasteiger partial charge is 0.414 e. The van der Waals surface area contributed by atoms with Crippen LogP contribution < -0.4 is 0 Å². The first kappa shape index (κ1) is 14.5. The van der Waals surface area contributed by atoms with Crippen LogP contribution in [0, 0.1) is 5.92 Å². The molecule has 2 fully saturated rings. The average molecular weight is 272 g/mol. The highest BCUT2D eigenvalue weighted by Crippen LogP contribution is 2.48. The highest BCUT2D eigenvalue weighted by atomic mass is 28.4. The van der Waals surface area contributed by atoms with Gasteiger partial charge in [-0.1, -0.05) is 20.8 Å². The molecule has 106 valence electrons. The zero-order valence-corrected chi connectivity index (χ0v) is 13.5. The smallest absolute Gasteiger partial charge is 0.192 e. The Hall–Kier alpha value is 0.0969. The lowest BCUT2D eigenvalue weighted by Gasteiger charge is -2.40. The van der Waals surface area contributed by atoms with Gasteiger partial charge in [0, 0.05) is 12.5 Å². The fourth-order valence-corrected chi connectivity index (χ4v) is 3.88. The second-order valence-electron chi connectivity index (χ2n) is 7.51. The van der Waals surface area contributed by atoms with Crippen molar-refractivity contribution in [2.24, 2.45) is 5.92 Å². The van der Waals surface area contributed by atoms with Crippen LogP contribution in [0.1, 0.15) is 40.0 Å². The third kappa shape index (κ3) is 2.40. The Labute approximate surface area is 112 Å². The fraction of sp³-hybridized carbons (Fsp3) is 1.00. The molecule has 0 aromatic rings. The van der Waals surface area contributed by atoms with Crippen LogP contribution in [0.4, 0.5) is 0 Å². The van der Waals surface area contributed by atoms with Gasteiger partial charge in [-0.25, -0.2) is 0 Å². The van der Waals surface area contributed by atoms with E-state index in [9.17, 15) is 5.11 Å². The standard InChI is InChI=1S/C14H28O3Si/c1-13(2,3)18(4,5)16-10-14-7-6-12(17-14)8-11(14)9-15/h11-12,15H,6-10H2,1-5H3/t11-,12+,14+/m1/s1. The summed E-state index contributed by atoms with van der Waals surface area (Å²) < 4.78 is 12.4. The Bertz CT molecular complexity index is 311. The molecule has 4 heteroatoms. The van der Waals surface area contributed by atoms with Crippen molar-refractivity contribution < 1.29 is 14.3 Å². The van der Waals surface area contributed by atoms with Crippen molar-refractivity contribution in [2.45, 2.75) is 69.9 Å². The lowest BCUT2D eigenvalue weighted by Crippen LogP contribution is -2.48. The van der Waals surface area contributed by atoms with Crippen LogP contribution in [-0.2, 0) is 9.16 Å². The Morgan fingerprint density at radius 1 is 1.39 bits per heavy atom. The van der Waals surface area contributed by atoms with Crippen LogP contribution in [0.5, 0.6) is 0 Å². The molecule has 18 heavy (non-hydrogen) atoms. The Morgan fingerprint density at radius 3 is 2.56 bits per heavy atom. The van der Waals surface area contributed by atoms with Gasteiger partial charge in [-0.15, -0.1) is 0 Å². The molecule has 0 amide bonds. The molecule has 0 spiro atoms. The first-order valence-corrected chi connectivity index (χ1v) is 10.0. The first-order valence-electron chi connectivity index (χ1n) is 7.13. The molecule has 2 rings (SSSR count). The van der Waals surface area contributed by atoms with Gasteiger partial charge in [-0.05, 0) is 37.4 Å². The average Bonchev–Trinajstić information content (AvgIpc) is 2.82. The lowest BCUT2D eigenvalue weighted by atomic mass is 9.79. The van der Waals surface area contributed by atoms with E-state index in [1.54, 1.807) is 0 Å². The van der Waals surface area contributed by atoms with Crippen molar-refractivity contribution in [3.63, 3.8) is 0 Å². The van der Waals surface area contributed by atoms with Gasteiger partial charge >= 0.3 is 0 Å². The van der Waals surface area contributed by atoms with Gasteiger partial charge in [0.1, 0.15) is 0 Å². The summed E-state index contributed by atoms with van der Waals surface area (Å²) in [5, 5.41) is 9.75. The van der Waals surface area contributed by atoms with E-state index in [0.29, 0.717) is 12.7 Å². The molecule has 0 saturated carbocycles. The predicted molar refractivity (Wildman–Crippen MR) is 75.2 cm³/mol. The van der Waals surface area contributed by atoms with E-state index >= 15 is 0 Å². The number of hydrogen-bond donors (Lipinski definition) is 1. The Kier molecular flexibility index (Phi) is 3.69. The van der Waals surface area contributed by atoms with Crippen LogP contribution in [0.3, 0.4) is 0 Å². The topological polar surface area (TPSA) is 38.7 Å². The number of aliphatic hydroxyl groups is 1. The minimum atomic E-state index is -1.72. The zero-order valence-electron chi connectivity index (χ0n) is 12.5. The van der Waals surface area contributed by atoms with E-state index in [-0.39, 0.29) is 23.2 Å². The van der Waals surface area contributed by atoms with Crippen molar-refractivity contribution >= 4 is 8.32 Å². The minimum Gasteiger partial charge on any atom is -0.414 e. The second kappa shape index (κ2) is 4.58. The van der Waals surface area contributed by atoms with Crippen molar-refractivity contribution in [3.05, 3.63) is 0 Å². The summed E-state index contributed by atoms with van der Waals surface area (Å²) in [4.78, 5) is 0. The first-order chi connectivity index (χ1) is 8.20. The Balaban J connectivity index is 2.01. The van der Waals surface area contributed by atoms with Crippen LogP contribution >= 0.6 is 0 Å². The number of fused-ring (bicyclic) bond motifs is 2. The van der Waals surface area contributed by atoms with Gasteiger partial charge in [0.25, 0.3) is 0 Å². The third-order valence-corrected chi connectivity index (χ3v) is 9.76. The van der Waals surface area contributed by atoms with Crippen molar-refractivity contribution in [3.8, 4) is 0 Å². The van der Waals surface area contributed by atoms with Gasteiger partial charge < -0.3 is 14.3 Å². The minimum absolute atomic E-state index is 0.186. The summed E-state index contributed by atoms with van der Waals surface area (Å²) in [6, 6.07) is 0. The molecular weight excluding hydrogens is 244 g/mol. The van der Waals surface area contributed by atoms with E-state index in [0.717, 1.165) is 19.3 Å². The van der Waals surface area contributed by atoms with Crippen molar-refractivity contribution in [1.29, 1.82) is 0 Å². The van der Waals surface area contributed by atoms with Crippen LogP contribution in [0.25, 0.3) is 0 Å². The number of hydrogen-bond acceptors (Lipinski definition) is 3. The molecule has 3 atom stereocenters.